The fourth-order valence-corrected chi connectivity index (χ4v) is 3.68. The zero-order valence-electron chi connectivity index (χ0n) is 16.4. The Morgan fingerprint density at radius 2 is 1.83 bits per heavy atom. The predicted octanol–water partition coefficient (Wildman–Crippen LogP) is 2.41. The quantitative estimate of drug-likeness (QED) is 0.583. The number of anilines is 1. The van der Waals surface area contributed by atoms with Crippen LogP contribution in [0.15, 0.2) is 60.9 Å². The molecule has 4 rings (SSSR count). The van der Waals surface area contributed by atoms with Crippen molar-refractivity contribution < 1.29 is 9.59 Å². The van der Waals surface area contributed by atoms with Crippen LogP contribution >= 0.6 is 0 Å². The van der Waals surface area contributed by atoms with E-state index in [2.05, 4.69) is 31.5 Å². The van der Waals surface area contributed by atoms with E-state index in [0.29, 0.717) is 25.1 Å². The normalized spacial score (nSPS) is 14.8. The molecule has 3 N–H and O–H groups in total. The molecule has 0 unspecified atom stereocenters. The maximum absolute atomic E-state index is 13.1. The number of carbonyl (C=O) groups is 2. The van der Waals surface area contributed by atoms with Crippen molar-refractivity contribution in [2.24, 2.45) is 0 Å². The molecule has 1 aromatic heterocycles. The van der Waals surface area contributed by atoms with E-state index in [1.54, 1.807) is 12.1 Å². The maximum atomic E-state index is 13.1. The van der Waals surface area contributed by atoms with Gasteiger partial charge >= 0.3 is 6.03 Å². The third-order valence-corrected chi connectivity index (χ3v) is 5.26. The Labute approximate surface area is 173 Å². The first kappa shape index (κ1) is 19.6. The summed E-state index contributed by atoms with van der Waals surface area (Å²) in [5, 5.41) is 19.8. The van der Waals surface area contributed by atoms with Gasteiger partial charge in [-0.25, -0.2) is 9.48 Å². The second-order valence-corrected chi connectivity index (χ2v) is 7.34. The van der Waals surface area contributed by atoms with Gasteiger partial charge in [0, 0.05) is 12.2 Å². The van der Waals surface area contributed by atoms with E-state index in [0.717, 1.165) is 24.1 Å². The molecule has 1 aliphatic carbocycles. The monoisotopic (exact) mass is 405 g/mol. The van der Waals surface area contributed by atoms with Gasteiger partial charge in [-0.1, -0.05) is 49.2 Å². The first-order chi connectivity index (χ1) is 14.6. The minimum atomic E-state index is -0.925. The van der Waals surface area contributed by atoms with Gasteiger partial charge in [0.25, 0.3) is 0 Å². The number of benzene rings is 2. The predicted molar refractivity (Wildman–Crippen MR) is 111 cm³/mol. The molecule has 9 heteroatoms. The molecule has 0 saturated heterocycles. The minimum absolute atomic E-state index is 0.219. The molecule has 1 saturated carbocycles. The van der Waals surface area contributed by atoms with Crippen LogP contribution in [0, 0.1) is 0 Å². The van der Waals surface area contributed by atoms with Crippen LogP contribution in [0.5, 0.6) is 0 Å². The summed E-state index contributed by atoms with van der Waals surface area (Å²) in [4.78, 5) is 25.7. The summed E-state index contributed by atoms with van der Waals surface area (Å²) in [6.45, 7) is 0.401. The molecule has 30 heavy (non-hydrogen) atoms. The highest BCUT2D eigenvalue weighted by atomic mass is 16.2. The van der Waals surface area contributed by atoms with E-state index in [1.165, 1.54) is 11.0 Å². The zero-order valence-corrected chi connectivity index (χ0v) is 16.4. The van der Waals surface area contributed by atoms with Gasteiger partial charge in [-0.05, 0) is 47.0 Å². The number of urea groups is 1. The van der Waals surface area contributed by atoms with Crippen LogP contribution in [0.3, 0.4) is 0 Å². The summed E-state index contributed by atoms with van der Waals surface area (Å²) in [6.07, 6.45) is 4.46. The summed E-state index contributed by atoms with van der Waals surface area (Å²) >= 11 is 0. The molecule has 3 aromatic rings. The second kappa shape index (κ2) is 8.73. The van der Waals surface area contributed by atoms with Crippen LogP contribution in [-0.4, -0.2) is 37.7 Å². The van der Waals surface area contributed by atoms with Crippen molar-refractivity contribution >= 4 is 17.6 Å². The number of amides is 3. The summed E-state index contributed by atoms with van der Waals surface area (Å²) in [7, 11) is 0. The van der Waals surface area contributed by atoms with Crippen molar-refractivity contribution in [2.75, 3.05) is 5.32 Å². The highest BCUT2D eigenvalue weighted by molar-refractivity contribution is 6.00. The van der Waals surface area contributed by atoms with E-state index >= 15 is 0 Å². The van der Waals surface area contributed by atoms with Gasteiger partial charge in [-0.3, -0.25) is 4.79 Å². The van der Waals surface area contributed by atoms with Crippen molar-refractivity contribution in [3.8, 4) is 5.69 Å². The third-order valence-electron chi connectivity index (χ3n) is 5.26. The molecular formula is C21H23N7O2. The van der Waals surface area contributed by atoms with Gasteiger partial charge in [0.15, 0.2) is 0 Å². The lowest BCUT2D eigenvalue weighted by atomic mass is 9.96. The number of aromatic nitrogens is 4. The fourth-order valence-electron chi connectivity index (χ4n) is 3.68. The minimum Gasteiger partial charge on any atom is -0.334 e. The number of rotatable bonds is 6. The maximum Gasteiger partial charge on any atom is 0.315 e. The van der Waals surface area contributed by atoms with Gasteiger partial charge in [-0.15, -0.1) is 5.10 Å². The standard InChI is InChI=1S/C21H23N7O2/c29-19(24-17-9-6-10-18(13-17)28-15-23-26-27-28)21(11-4-5-12-21)25-20(30)22-14-16-7-2-1-3-8-16/h1-3,6-10,13,15H,4-5,11-12,14H2,(H,24,29)(H2,22,25,30). The van der Waals surface area contributed by atoms with Crippen LogP contribution < -0.4 is 16.0 Å². The number of nitrogens with one attached hydrogen (secondary N) is 3. The van der Waals surface area contributed by atoms with E-state index in [9.17, 15) is 9.59 Å². The third kappa shape index (κ3) is 4.45. The van der Waals surface area contributed by atoms with Gasteiger partial charge in [0.1, 0.15) is 11.9 Å². The number of hydrogen-bond acceptors (Lipinski definition) is 5. The largest absolute Gasteiger partial charge is 0.334 e. The first-order valence-corrected chi connectivity index (χ1v) is 9.89. The zero-order chi connectivity index (χ0) is 20.8. The van der Waals surface area contributed by atoms with Gasteiger partial charge in [-0.2, -0.15) is 0 Å². The molecule has 0 aliphatic heterocycles. The lowest BCUT2D eigenvalue weighted by Crippen LogP contribution is -2.57. The lowest BCUT2D eigenvalue weighted by Gasteiger charge is -2.29. The molecule has 2 aromatic carbocycles. The van der Waals surface area contributed by atoms with Crippen molar-refractivity contribution in [1.29, 1.82) is 0 Å². The summed E-state index contributed by atoms with van der Waals surface area (Å²) < 4.78 is 1.51. The van der Waals surface area contributed by atoms with Gasteiger partial charge in [0.05, 0.1) is 5.69 Å². The Kier molecular flexibility index (Phi) is 5.69. The molecule has 0 spiro atoms. The van der Waals surface area contributed by atoms with Crippen LogP contribution in [-0.2, 0) is 11.3 Å². The summed E-state index contributed by atoms with van der Waals surface area (Å²) in [6, 6.07) is 16.5. The summed E-state index contributed by atoms with van der Waals surface area (Å²) in [5.74, 6) is -0.219. The molecule has 0 bridgehead atoms. The van der Waals surface area contributed by atoms with Crippen molar-refractivity contribution in [3.05, 3.63) is 66.5 Å². The van der Waals surface area contributed by atoms with Gasteiger partial charge in [0.2, 0.25) is 5.91 Å². The Morgan fingerprint density at radius 3 is 2.57 bits per heavy atom. The topological polar surface area (TPSA) is 114 Å². The van der Waals surface area contributed by atoms with Crippen molar-refractivity contribution in [1.82, 2.24) is 30.8 Å². The molecule has 0 atom stereocenters. The van der Waals surface area contributed by atoms with Crippen LogP contribution in [0.2, 0.25) is 0 Å². The number of nitrogens with zero attached hydrogens (tertiary/aromatic N) is 4. The molecule has 3 amide bonds. The summed E-state index contributed by atoms with van der Waals surface area (Å²) in [5.41, 5.74) is 1.42. The van der Waals surface area contributed by atoms with E-state index < -0.39 is 5.54 Å². The Hall–Kier alpha value is -3.75. The highest BCUT2D eigenvalue weighted by Crippen LogP contribution is 2.31. The Bertz CT molecular complexity index is 999. The van der Waals surface area contributed by atoms with E-state index in [1.807, 2.05) is 42.5 Å². The van der Waals surface area contributed by atoms with Crippen LogP contribution in [0.1, 0.15) is 31.2 Å². The molecule has 1 heterocycles. The van der Waals surface area contributed by atoms with Crippen molar-refractivity contribution in [3.63, 3.8) is 0 Å². The highest BCUT2D eigenvalue weighted by Gasteiger charge is 2.42. The van der Waals surface area contributed by atoms with Crippen LogP contribution in [0.4, 0.5) is 10.5 Å². The SMILES string of the molecule is O=C(NCc1ccccc1)NC1(C(=O)Nc2cccc(-n3cnnn3)c2)CCCC1. The van der Waals surface area contributed by atoms with Gasteiger partial charge < -0.3 is 16.0 Å². The number of carbonyl (C=O) groups excluding carboxylic acids is 2. The van der Waals surface area contributed by atoms with Crippen molar-refractivity contribution in [2.45, 2.75) is 37.8 Å². The average Bonchev–Trinajstić information content (AvgIpc) is 3.46. The molecular weight excluding hydrogens is 382 g/mol. The van der Waals surface area contributed by atoms with Crippen LogP contribution in [0.25, 0.3) is 5.69 Å². The Balaban J connectivity index is 1.42. The second-order valence-electron chi connectivity index (χ2n) is 7.34. The number of hydrogen-bond donors (Lipinski definition) is 3. The fraction of sp³-hybridized carbons (Fsp3) is 0.286. The van der Waals surface area contributed by atoms with E-state index in [4.69, 9.17) is 0 Å². The molecule has 0 radical (unpaired) electrons. The Morgan fingerprint density at radius 1 is 1.03 bits per heavy atom. The molecule has 9 nitrogen and oxygen atoms in total. The molecule has 1 aliphatic rings. The average molecular weight is 405 g/mol. The first-order valence-electron chi connectivity index (χ1n) is 9.89. The molecule has 1 fully saturated rings. The lowest BCUT2D eigenvalue weighted by molar-refractivity contribution is -0.121. The molecule has 154 valence electrons. The smallest absolute Gasteiger partial charge is 0.315 e. The van der Waals surface area contributed by atoms with E-state index in [-0.39, 0.29) is 11.9 Å². The number of tetrazole rings is 1.